The smallest absolute Gasteiger partial charge is 0.416 e. The Kier molecular flexibility index (Phi) is 7.45. The summed E-state index contributed by atoms with van der Waals surface area (Å²) in [6.45, 7) is 0.974. The van der Waals surface area contributed by atoms with Gasteiger partial charge in [-0.2, -0.15) is 13.2 Å². The van der Waals surface area contributed by atoms with Crippen molar-refractivity contribution in [1.82, 2.24) is 5.32 Å². The zero-order valence-corrected chi connectivity index (χ0v) is 19.1. The van der Waals surface area contributed by atoms with E-state index in [1.165, 1.54) is 25.1 Å². The first kappa shape index (κ1) is 26.1. The zero-order valence-electron chi connectivity index (χ0n) is 18.2. The Morgan fingerprint density at radius 3 is 2.57 bits per heavy atom. The molecule has 0 aromatic heterocycles. The third kappa shape index (κ3) is 6.14. The predicted octanol–water partition coefficient (Wildman–Crippen LogP) is 2.64. The number of ether oxygens (including phenoxy) is 1. The number of carbonyl (C=O) groups excluding carboxylic acids is 1. The third-order valence-electron chi connectivity index (χ3n) is 5.04. The number of rotatable bonds is 7. The Morgan fingerprint density at radius 1 is 1.23 bits per heavy atom. The maximum absolute atomic E-state index is 13.4. The molecule has 0 bridgehead atoms. The number of halogens is 3. The number of nitrogens with one attached hydrogen (secondary N) is 2. The highest BCUT2D eigenvalue weighted by Gasteiger charge is 2.37. The molecule has 2 aromatic rings. The molecule has 0 aliphatic carbocycles. The first-order valence-electron chi connectivity index (χ1n) is 10.3. The van der Waals surface area contributed by atoms with E-state index in [1.807, 2.05) is 0 Å². The lowest BCUT2D eigenvalue weighted by atomic mass is 10.1. The van der Waals surface area contributed by atoms with E-state index in [0.717, 1.165) is 22.5 Å². The second-order valence-electron chi connectivity index (χ2n) is 7.67. The highest BCUT2D eigenvalue weighted by molar-refractivity contribution is 7.92. The van der Waals surface area contributed by atoms with E-state index in [0.29, 0.717) is 6.07 Å². The number of alkyl halides is 3. The minimum Gasteiger partial charge on any atom is -0.486 e. The normalized spacial score (nSPS) is 16.6. The van der Waals surface area contributed by atoms with E-state index in [2.05, 4.69) is 10.6 Å². The fourth-order valence-electron chi connectivity index (χ4n) is 3.36. The molecule has 0 saturated carbocycles. The first-order valence-corrected chi connectivity index (χ1v) is 11.7. The number of hydrogen-bond donors (Lipinski definition) is 4. The number of carboxylic acid groups (broad SMARTS) is 1. The summed E-state index contributed by atoms with van der Waals surface area (Å²) in [4.78, 5) is 22.0. The van der Waals surface area contributed by atoms with Crippen LogP contribution in [-0.4, -0.2) is 55.9 Å². The Balaban J connectivity index is 1.98. The number of amides is 2. The topological polar surface area (TPSA) is 145 Å². The van der Waals surface area contributed by atoms with Gasteiger partial charge in [-0.3, -0.25) is 14.4 Å². The van der Waals surface area contributed by atoms with E-state index in [-0.39, 0.29) is 36.6 Å². The lowest BCUT2D eigenvalue weighted by Crippen LogP contribution is -2.45. The molecule has 1 aliphatic rings. The van der Waals surface area contributed by atoms with Crippen LogP contribution in [0, 0.1) is 0 Å². The molecule has 1 heterocycles. The summed E-state index contributed by atoms with van der Waals surface area (Å²) in [5.74, 6) is -0.589. The average molecular weight is 517 g/mol. The summed E-state index contributed by atoms with van der Waals surface area (Å²) in [5.41, 5.74) is -1.20. The molecule has 1 unspecified atom stereocenters. The minimum absolute atomic E-state index is 0.0201. The van der Waals surface area contributed by atoms with Gasteiger partial charge < -0.3 is 20.3 Å². The van der Waals surface area contributed by atoms with Crippen LogP contribution in [0.15, 0.2) is 47.4 Å². The van der Waals surface area contributed by atoms with Gasteiger partial charge >= 0.3 is 12.3 Å². The monoisotopic (exact) mass is 517 g/mol. The number of benzene rings is 2. The fourth-order valence-corrected chi connectivity index (χ4v) is 4.90. The number of aliphatic hydroxyl groups excluding tert-OH is 1. The van der Waals surface area contributed by atoms with E-state index in [1.54, 1.807) is 0 Å². The van der Waals surface area contributed by atoms with Gasteiger partial charge in [0.05, 0.1) is 22.7 Å². The van der Waals surface area contributed by atoms with Crippen molar-refractivity contribution in [2.24, 2.45) is 0 Å². The van der Waals surface area contributed by atoms with Gasteiger partial charge in [0.2, 0.25) is 5.91 Å². The highest BCUT2D eigenvalue weighted by Crippen LogP contribution is 2.40. The second kappa shape index (κ2) is 10.00. The number of anilines is 2. The van der Waals surface area contributed by atoms with Gasteiger partial charge in [-0.05, 0) is 43.3 Å². The van der Waals surface area contributed by atoms with E-state index >= 15 is 0 Å². The van der Waals surface area contributed by atoms with E-state index in [9.17, 15) is 36.3 Å². The summed E-state index contributed by atoms with van der Waals surface area (Å²) in [6, 6.07) is 7.12. The van der Waals surface area contributed by atoms with E-state index in [4.69, 9.17) is 9.84 Å². The van der Waals surface area contributed by atoms with Crippen molar-refractivity contribution in [2.75, 3.05) is 22.7 Å². The second-order valence-corrected chi connectivity index (χ2v) is 9.53. The molecule has 0 radical (unpaired) electrons. The lowest BCUT2D eigenvalue weighted by molar-refractivity contribution is -0.137. The number of aliphatic hydroxyl groups is 1. The number of carbonyl (C=O) groups is 2. The number of fused-ring (bicyclic) bond motifs is 1. The SMILES string of the molecule is CC(O)C(=O)NCC[C@H]1CN(S(=O)(=O)c2cccc(C(F)(F)F)c2)c2cc(NC(=O)O)ccc2O1. The molecule has 4 N–H and O–H groups in total. The van der Waals surface area contributed by atoms with Crippen molar-refractivity contribution in [3.05, 3.63) is 48.0 Å². The summed E-state index contributed by atoms with van der Waals surface area (Å²) in [6.07, 6.45) is -8.11. The molecule has 0 fully saturated rings. The fraction of sp³-hybridized carbons (Fsp3) is 0.333. The van der Waals surface area contributed by atoms with Gasteiger partial charge in [0.1, 0.15) is 18.0 Å². The summed E-state index contributed by atoms with van der Waals surface area (Å²) in [5, 5.41) is 22.8. The zero-order chi connectivity index (χ0) is 26.0. The van der Waals surface area contributed by atoms with Gasteiger partial charge in [-0.15, -0.1) is 0 Å². The minimum atomic E-state index is -4.77. The van der Waals surface area contributed by atoms with Gasteiger partial charge in [0.15, 0.2) is 0 Å². The van der Waals surface area contributed by atoms with Crippen molar-refractivity contribution >= 4 is 33.4 Å². The van der Waals surface area contributed by atoms with Crippen LogP contribution in [-0.2, 0) is 21.0 Å². The predicted molar refractivity (Wildman–Crippen MR) is 118 cm³/mol. The van der Waals surface area contributed by atoms with Crippen molar-refractivity contribution in [3.63, 3.8) is 0 Å². The summed E-state index contributed by atoms with van der Waals surface area (Å²) >= 11 is 0. The van der Waals surface area contributed by atoms with Crippen molar-refractivity contribution in [3.8, 4) is 5.75 Å². The van der Waals surface area contributed by atoms with Crippen LogP contribution in [0.4, 0.5) is 29.3 Å². The quantitative estimate of drug-likeness (QED) is 0.442. The molecule has 14 heteroatoms. The van der Waals surface area contributed by atoms with Crippen LogP contribution in [0.3, 0.4) is 0 Å². The van der Waals surface area contributed by atoms with Gasteiger partial charge in [0, 0.05) is 18.7 Å². The van der Waals surface area contributed by atoms with Crippen molar-refractivity contribution < 1.29 is 46.1 Å². The number of nitrogens with zero attached hydrogens (tertiary/aromatic N) is 1. The Morgan fingerprint density at radius 2 is 1.94 bits per heavy atom. The molecule has 2 amide bonds. The standard InChI is InChI=1S/C21H22F3N3O7S/c1-12(28)19(29)25-8-7-15-11-27(17-10-14(26-20(30)31)5-6-18(17)34-15)35(32,33)16-4-2-3-13(9-16)21(22,23)24/h2-6,9-10,12,15,26,28H,7-8,11H2,1H3,(H,25,29)(H,30,31)/t12?,15-/m0/s1. The molecule has 0 saturated heterocycles. The van der Waals surface area contributed by atoms with Crippen LogP contribution in [0.5, 0.6) is 5.75 Å². The molecule has 2 aromatic carbocycles. The van der Waals surface area contributed by atoms with Crippen molar-refractivity contribution in [1.29, 1.82) is 0 Å². The Labute approximate surface area is 198 Å². The van der Waals surface area contributed by atoms with Crippen LogP contribution >= 0.6 is 0 Å². The molecule has 10 nitrogen and oxygen atoms in total. The van der Waals surface area contributed by atoms with Gasteiger partial charge in [-0.1, -0.05) is 6.07 Å². The van der Waals surface area contributed by atoms with Gasteiger partial charge in [-0.25, -0.2) is 13.2 Å². The number of hydrogen-bond acceptors (Lipinski definition) is 6. The molecule has 35 heavy (non-hydrogen) atoms. The van der Waals surface area contributed by atoms with Crippen LogP contribution < -0.4 is 19.7 Å². The molecule has 2 atom stereocenters. The number of sulfonamides is 1. The summed E-state index contributed by atoms with van der Waals surface area (Å²) in [7, 11) is -4.54. The molecule has 1 aliphatic heterocycles. The largest absolute Gasteiger partial charge is 0.486 e. The maximum Gasteiger partial charge on any atom is 0.416 e. The maximum atomic E-state index is 13.4. The van der Waals surface area contributed by atoms with Crippen LogP contribution in [0.2, 0.25) is 0 Å². The average Bonchev–Trinajstić information content (AvgIpc) is 2.77. The third-order valence-corrected chi connectivity index (χ3v) is 6.81. The molecular weight excluding hydrogens is 495 g/mol. The first-order chi connectivity index (χ1) is 16.3. The summed E-state index contributed by atoms with van der Waals surface area (Å²) < 4.78 is 73.1. The molecule has 0 spiro atoms. The lowest BCUT2D eigenvalue weighted by Gasteiger charge is -2.36. The van der Waals surface area contributed by atoms with Gasteiger partial charge in [0.25, 0.3) is 10.0 Å². The Bertz CT molecular complexity index is 1220. The molecular formula is C21H22F3N3O7S. The molecule has 190 valence electrons. The molecule has 3 rings (SSSR count). The van der Waals surface area contributed by atoms with E-state index < -0.39 is 50.9 Å². The Hall–Kier alpha value is -3.52. The van der Waals surface area contributed by atoms with Crippen molar-refractivity contribution in [2.45, 2.75) is 36.6 Å². The highest BCUT2D eigenvalue weighted by atomic mass is 32.2. The van der Waals surface area contributed by atoms with Crippen LogP contribution in [0.25, 0.3) is 0 Å². The van der Waals surface area contributed by atoms with Crippen LogP contribution in [0.1, 0.15) is 18.9 Å².